The van der Waals surface area contributed by atoms with E-state index in [0.29, 0.717) is 11.4 Å². The van der Waals surface area contributed by atoms with Crippen LogP contribution in [0.4, 0.5) is 0 Å². The van der Waals surface area contributed by atoms with Crippen LogP contribution in [-0.4, -0.2) is 23.3 Å². The topological polar surface area (TPSA) is 66.4 Å². The van der Waals surface area contributed by atoms with Crippen molar-refractivity contribution in [3.05, 3.63) is 51.2 Å². The molecule has 1 amide bonds. The van der Waals surface area contributed by atoms with Gasteiger partial charge in [-0.05, 0) is 41.0 Å². The number of phenolic OH excluding ortho intramolecular Hbond substituents is 1. The fourth-order valence-electron chi connectivity index (χ4n) is 2.43. The normalized spacial score (nSPS) is 11.4. The van der Waals surface area contributed by atoms with E-state index in [2.05, 4.69) is 5.32 Å². The molecule has 0 saturated carbocycles. The van der Waals surface area contributed by atoms with Gasteiger partial charge in [-0.3, -0.25) is 9.59 Å². The lowest BCUT2D eigenvalue weighted by atomic mass is 9.84. The van der Waals surface area contributed by atoms with Gasteiger partial charge < -0.3 is 10.4 Å². The summed E-state index contributed by atoms with van der Waals surface area (Å²) >= 11 is 1.32. The number of amides is 1. The van der Waals surface area contributed by atoms with Crippen LogP contribution < -0.4 is 5.32 Å². The first-order valence-corrected chi connectivity index (χ1v) is 9.37. The van der Waals surface area contributed by atoms with Crippen molar-refractivity contribution in [2.45, 2.75) is 46.0 Å². The number of nitrogens with one attached hydrogen (secondary N) is 1. The van der Waals surface area contributed by atoms with E-state index < -0.39 is 0 Å². The standard InChI is InChI=1S/C20H25NO3S/c1-5-6-9-21-19(24)15-12-13(20(2,3)4)11-14(17(15)22)18(23)16-8-7-10-25-16/h7-8,10-12,22H,5-6,9H2,1-4H3,(H,21,24). The number of ketones is 1. The number of aromatic hydroxyl groups is 1. The molecular formula is C20H25NO3S. The lowest BCUT2D eigenvalue weighted by molar-refractivity contribution is 0.0950. The summed E-state index contributed by atoms with van der Waals surface area (Å²) in [6.45, 7) is 8.62. The monoisotopic (exact) mass is 359 g/mol. The fraction of sp³-hybridized carbons (Fsp3) is 0.400. The number of rotatable bonds is 6. The Labute approximate surface area is 152 Å². The maximum atomic E-state index is 12.8. The zero-order chi connectivity index (χ0) is 18.6. The molecular weight excluding hydrogens is 334 g/mol. The molecule has 0 spiro atoms. The lowest BCUT2D eigenvalue weighted by Gasteiger charge is -2.22. The van der Waals surface area contributed by atoms with Crippen molar-refractivity contribution in [3.63, 3.8) is 0 Å². The number of unbranched alkanes of at least 4 members (excludes halogenated alkanes) is 1. The van der Waals surface area contributed by atoms with Crippen molar-refractivity contribution in [1.82, 2.24) is 5.32 Å². The predicted molar refractivity (Wildman–Crippen MR) is 102 cm³/mol. The summed E-state index contributed by atoms with van der Waals surface area (Å²) in [5.41, 5.74) is 0.918. The maximum absolute atomic E-state index is 12.8. The molecule has 0 fully saturated rings. The van der Waals surface area contributed by atoms with Crippen LogP contribution in [0.1, 0.15) is 71.7 Å². The van der Waals surface area contributed by atoms with Crippen molar-refractivity contribution in [1.29, 1.82) is 0 Å². The Kier molecular flexibility index (Phi) is 6.01. The smallest absolute Gasteiger partial charge is 0.255 e. The van der Waals surface area contributed by atoms with Crippen molar-refractivity contribution < 1.29 is 14.7 Å². The van der Waals surface area contributed by atoms with Crippen LogP contribution in [0.25, 0.3) is 0 Å². The van der Waals surface area contributed by atoms with Gasteiger partial charge in [-0.25, -0.2) is 0 Å². The second-order valence-corrected chi connectivity index (χ2v) is 8.03. The first-order valence-electron chi connectivity index (χ1n) is 8.49. The Balaban J connectivity index is 2.50. The summed E-state index contributed by atoms with van der Waals surface area (Å²) in [5, 5.41) is 15.2. The third kappa shape index (κ3) is 4.48. The molecule has 2 N–H and O–H groups in total. The number of benzene rings is 1. The van der Waals surface area contributed by atoms with Gasteiger partial charge in [0.15, 0.2) is 0 Å². The highest BCUT2D eigenvalue weighted by Crippen LogP contribution is 2.33. The quantitative estimate of drug-likeness (QED) is 0.589. The largest absolute Gasteiger partial charge is 0.506 e. The second kappa shape index (κ2) is 7.83. The predicted octanol–water partition coefficient (Wildman–Crippen LogP) is 4.51. The molecule has 4 nitrogen and oxygen atoms in total. The first-order chi connectivity index (χ1) is 11.8. The molecule has 0 saturated heterocycles. The molecule has 2 aromatic rings. The minimum Gasteiger partial charge on any atom is -0.506 e. The molecule has 1 aromatic heterocycles. The molecule has 0 radical (unpaired) electrons. The average molecular weight is 359 g/mol. The van der Waals surface area contributed by atoms with E-state index in [9.17, 15) is 14.7 Å². The van der Waals surface area contributed by atoms with Crippen LogP contribution in [0.15, 0.2) is 29.6 Å². The molecule has 25 heavy (non-hydrogen) atoms. The molecule has 0 unspecified atom stereocenters. The molecule has 1 heterocycles. The Hall–Kier alpha value is -2.14. The Morgan fingerprint density at radius 2 is 1.88 bits per heavy atom. The number of carbonyl (C=O) groups excluding carboxylic acids is 2. The van der Waals surface area contributed by atoms with Crippen molar-refractivity contribution >= 4 is 23.0 Å². The summed E-state index contributed by atoms with van der Waals surface area (Å²) in [4.78, 5) is 25.8. The third-order valence-corrected chi connectivity index (χ3v) is 4.89. The Morgan fingerprint density at radius 3 is 2.44 bits per heavy atom. The summed E-state index contributed by atoms with van der Waals surface area (Å²) in [6, 6.07) is 6.89. The van der Waals surface area contributed by atoms with Gasteiger partial charge in [0, 0.05) is 6.54 Å². The van der Waals surface area contributed by atoms with E-state index in [4.69, 9.17) is 0 Å². The Bertz CT molecular complexity index is 758. The molecule has 2 rings (SSSR count). The zero-order valence-corrected chi connectivity index (χ0v) is 16.0. The SMILES string of the molecule is CCCCNC(=O)c1cc(C(C)(C)C)cc(C(=O)c2cccs2)c1O. The lowest BCUT2D eigenvalue weighted by Crippen LogP contribution is -2.26. The van der Waals surface area contributed by atoms with Gasteiger partial charge in [-0.15, -0.1) is 11.3 Å². The third-order valence-electron chi connectivity index (χ3n) is 4.03. The molecule has 0 bridgehead atoms. The molecule has 0 aliphatic rings. The van der Waals surface area contributed by atoms with Crippen molar-refractivity contribution in [2.24, 2.45) is 0 Å². The highest BCUT2D eigenvalue weighted by atomic mass is 32.1. The molecule has 1 aromatic carbocycles. The fourth-order valence-corrected chi connectivity index (χ4v) is 3.11. The molecule has 0 aliphatic heterocycles. The van der Waals surface area contributed by atoms with Gasteiger partial charge in [-0.2, -0.15) is 0 Å². The van der Waals surface area contributed by atoms with E-state index in [-0.39, 0.29) is 34.0 Å². The van der Waals surface area contributed by atoms with Crippen molar-refractivity contribution in [3.8, 4) is 5.75 Å². The van der Waals surface area contributed by atoms with Crippen LogP contribution in [0.5, 0.6) is 5.75 Å². The molecule has 5 heteroatoms. The van der Waals surface area contributed by atoms with Crippen LogP contribution in [0.2, 0.25) is 0 Å². The van der Waals surface area contributed by atoms with Gasteiger partial charge in [0.05, 0.1) is 16.0 Å². The summed E-state index contributed by atoms with van der Waals surface area (Å²) in [5.74, 6) is -0.862. The van der Waals surface area contributed by atoms with Crippen LogP contribution in [0, 0.1) is 0 Å². The zero-order valence-electron chi connectivity index (χ0n) is 15.2. The maximum Gasteiger partial charge on any atom is 0.255 e. The number of phenols is 1. The average Bonchev–Trinajstić information content (AvgIpc) is 3.08. The summed E-state index contributed by atoms with van der Waals surface area (Å²) in [6.07, 6.45) is 1.84. The molecule has 134 valence electrons. The van der Waals surface area contributed by atoms with Gasteiger partial charge >= 0.3 is 0 Å². The minimum absolute atomic E-state index is 0.156. The number of thiophene rings is 1. The highest BCUT2D eigenvalue weighted by molar-refractivity contribution is 7.12. The van der Waals surface area contributed by atoms with E-state index in [0.717, 1.165) is 18.4 Å². The molecule has 0 aliphatic carbocycles. The number of hydrogen-bond donors (Lipinski definition) is 2. The number of hydrogen-bond acceptors (Lipinski definition) is 4. The van der Waals surface area contributed by atoms with Crippen LogP contribution in [-0.2, 0) is 5.41 Å². The highest BCUT2D eigenvalue weighted by Gasteiger charge is 2.25. The van der Waals surface area contributed by atoms with E-state index in [1.54, 1.807) is 24.3 Å². The van der Waals surface area contributed by atoms with Gasteiger partial charge in [0.1, 0.15) is 5.75 Å². The van der Waals surface area contributed by atoms with Gasteiger partial charge in [0.2, 0.25) is 5.78 Å². The van der Waals surface area contributed by atoms with Crippen LogP contribution >= 0.6 is 11.3 Å². The Morgan fingerprint density at radius 1 is 1.20 bits per heavy atom. The summed E-state index contributed by atoms with van der Waals surface area (Å²) < 4.78 is 0. The van der Waals surface area contributed by atoms with Crippen LogP contribution in [0.3, 0.4) is 0 Å². The molecule has 0 atom stereocenters. The van der Waals surface area contributed by atoms with Gasteiger partial charge in [-0.1, -0.05) is 40.2 Å². The van der Waals surface area contributed by atoms with Crippen molar-refractivity contribution in [2.75, 3.05) is 6.54 Å². The van der Waals surface area contributed by atoms with Gasteiger partial charge in [0.25, 0.3) is 5.91 Å². The van der Waals surface area contributed by atoms with E-state index >= 15 is 0 Å². The first kappa shape index (κ1) is 19.2. The number of carbonyl (C=O) groups is 2. The summed E-state index contributed by atoms with van der Waals surface area (Å²) in [7, 11) is 0. The van der Waals surface area contributed by atoms with E-state index in [1.807, 2.05) is 33.1 Å². The minimum atomic E-state index is -0.350. The van der Waals surface area contributed by atoms with E-state index in [1.165, 1.54) is 11.3 Å². The second-order valence-electron chi connectivity index (χ2n) is 7.09.